The first-order chi connectivity index (χ1) is 8.36. The molecule has 94 valence electrons. The SMILES string of the molecule is NCC1(c2nnc3n2CCC3)CCCCCC1. The third-order valence-electron chi connectivity index (χ3n) is 4.54. The average molecular weight is 234 g/mol. The fourth-order valence-corrected chi connectivity index (χ4v) is 3.47. The molecule has 2 aliphatic rings. The van der Waals surface area contributed by atoms with Gasteiger partial charge in [0.05, 0.1) is 0 Å². The highest BCUT2D eigenvalue weighted by atomic mass is 15.3. The Kier molecular flexibility index (Phi) is 2.90. The van der Waals surface area contributed by atoms with Crippen LogP contribution in [0.1, 0.15) is 56.6 Å². The van der Waals surface area contributed by atoms with Crippen molar-refractivity contribution in [3.8, 4) is 0 Å². The first-order valence-corrected chi connectivity index (χ1v) is 6.98. The minimum atomic E-state index is 0.117. The standard InChI is InChI=1S/C13H22N4/c14-10-13(7-3-1-2-4-8-13)12-16-15-11-6-5-9-17(11)12/h1-10,14H2. The van der Waals surface area contributed by atoms with E-state index in [0.29, 0.717) is 0 Å². The monoisotopic (exact) mass is 234 g/mol. The molecule has 0 radical (unpaired) electrons. The van der Waals surface area contributed by atoms with Gasteiger partial charge >= 0.3 is 0 Å². The van der Waals surface area contributed by atoms with Crippen LogP contribution in [0.2, 0.25) is 0 Å². The summed E-state index contributed by atoms with van der Waals surface area (Å²) in [5.74, 6) is 2.37. The molecule has 1 aromatic rings. The van der Waals surface area contributed by atoms with Gasteiger partial charge in [-0.1, -0.05) is 25.7 Å². The average Bonchev–Trinajstić information content (AvgIpc) is 2.86. The molecule has 1 fully saturated rings. The molecule has 0 unspecified atom stereocenters. The maximum Gasteiger partial charge on any atom is 0.140 e. The molecule has 0 spiro atoms. The van der Waals surface area contributed by atoms with Gasteiger partial charge < -0.3 is 10.3 Å². The van der Waals surface area contributed by atoms with Gasteiger partial charge in [0.2, 0.25) is 0 Å². The highest BCUT2D eigenvalue weighted by Crippen LogP contribution is 2.37. The fraction of sp³-hybridized carbons (Fsp3) is 0.846. The van der Waals surface area contributed by atoms with Gasteiger partial charge in [0.1, 0.15) is 11.6 Å². The number of nitrogens with zero attached hydrogens (tertiary/aromatic N) is 3. The summed E-state index contributed by atoms with van der Waals surface area (Å²) in [6, 6.07) is 0. The van der Waals surface area contributed by atoms with E-state index in [1.54, 1.807) is 0 Å². The molecule has 17 heavy (non-hydrogen) atoms. The van der Waals surface area contributed by atoms with Crippen LogP contribution in [0.4, 0.5) is 0 Å². The zero-order valence-electron chi connectivity index (χ0n) is 10.5. The first kappa shape index (κ1) is 11.2. The summed E-state index contributed by atoms with van der Waals surface area (Å²) in [5, 5.41) is 8.83. The molecule has 4 nitrogen and oxygen atoms in total. The summed E-state index contributed by atoms with van der Waals surface area (Å²) in [5.41, 5.74) is 6.23. The lowest BCUT2D eigenvalue weighted by Gasteiger charge is -2.30. The number of rotatable bonds is 2. The first-order valence-electron chi connectivity index (χ1n) is 6.98. The number of hydrogen-bond donors (Lipinski definition) is 1. The topological polar surface area (TPSA) is 56.7 Å². The molecule has 0 aromatic carbocycles. The van der Waals surface area contributed by atoms with E-state index in [0.717, 1.165) is 19.5 Å². The summed E-state index contributed by atoms with van der Waals surface area (Å²) in [6.45, 7) is 1.82. The Morgan fingerprint density at radius 2 is 1.82 bits per heavy atom. The van der Waals surface area contributed by atoms with Gasteiger partial charge in [-0.15, -0.1) is 10.2 Å². The second-order valence-corrected chi connectivity index (χ2v) is 5.59. The summed E-state index contributed by atoms with van der Waals surface area (Å²) in [4.78, 5) is 0. The summed E-state index contributed by atoms with van der Waals surface area (Å²) in [6.07, 6.45) is 9.99. The van der Waals surface area contributed by atoms with E-state index in [1.165, 1.54) is 56.6 Å². The lowest BCUT2D eigenvalue weighted by Crippen LogP contribution is -2.37. The highest BCUT2D eigenvalue weighted by Gasteiger charge is 2.37. The van der Waals surface area contributed by atoms with Crippen LogP contribution in [0, 0.1) is 0 Å². The van der Waals surface area contributed by atoms with Gasteiger partial charge in [0.15, 0.2) is 0 Å². The van der Waals surface area contributed by atoms with Crippen molar-refractivity contribution in [1.29, 1.82) is 0 Å². The molecule has 0 bridgehead atoms. The lowest BCUT2D eigenvalue weighted by atomic mass is 9.79. The summed E-state index contributed by atoms with van der Waals surface area (Å²) < 4.78 is 2.35. The summed E-state index contributed by atoms with van der Waals surface area (Å²) in [7, 11) is 0. The van der Waals surface area contributed by atoms with Crippen LogP contribution < -0.4 is 5.73 Å². The Balaban J connectivity index is 1.97. The van der Waals surface area contributed by atoms with Gasteiger partial charge in [-0.25, -0.2) is 0 Å². The zero-order chi connectivity index (χ0) is 11.7. The molecule has 4 heteroatoms. The second-order valence-electron chi connectivity index (χ2n) is 5.59. The maximum atomic E-state index is 6.11. The Bertz CT molecular complexity index is 388. The molecule has 0 saturated heterocycles. The molecule has 1 aliphatic carbocycles. The van der Waals surface area contributed by atoms with Gasteiger partial charge in [0.25, 0.3) is 0 Å². The lowest BCUT2D eigenvalue weighted by molar-refractivity contribution is 0.344. The Labute approximate surface area is 103 Å². The number of aryl methyl sites for hydroxylation is 1. The van der Waals surface area contributed by atoms with Crippen molar-refractivity contribution in [1.82, 2.24) is 14.8 Å². The normalized spacial score (nSPS) is 23.4. The van der Waals surface area contributed by atoms with Crippen LogP contribution in [0.25, 0.3) is 0 Å². The van der Waals surface area contributed by atoms with Crippen molar-refractivity contribution in [2.75, 3.05) is 6.54 Å². The Morgan fingerprint density at radius 3 is 2.53 bits per heavy atom. The molecule has 1 aliphatic heterocycles. The van der Waals surface area contributed by atoms with Crippen molar-refractivity contribution in [2.24, 2.45) is 5.73 Å². The predicted octanol–water partition coefficient (Wildman–Crippen LogP) is 1.77. The molecule has 3 rings (SSSR count). The van der Waals surface area contributed by atoms with Crippen molar-refractivity contribution in [2.45, 2.75) is 63.3 Å². The molecule has 0 amide bonds. The van der Waals surface area contributed by atoms with Crippen LogP contribution in [0.3, 0.4) is 0 Å². The number of aromatic nitrogens is 3. The Hall–Kier alpha value is -0.900. The van der Waals surface area contributed by atoms with E-state index in [4.69, 9.17) is 5.73 Å². The second kappa shape index (κ2) is 4.41. The maximum absolute atomic E-state index is 6.11. The van der Waals surface area contributed by atoms with Crippen LogP contribution in [-0.2, 0) is 18.4 Å². The van der Waals surface area contributed by atoms with Crippen LogP contribution in [-0.4, -0.2) is 21.3 Å². The number of fused-ring (bicyclic) bond motifs is 1. The Morgan fingerprint density at radius 1 is 1.06 bits per heavy atom. The van der Waals surface area contributed by atoms with Crippen molar-refractivity contribution in [3.63, 3.8) is 0 Å². The fourth-order valence-electron chi connectivity index (χ4n) is 3.47. The van der Waals surface area contributed by atoms with E-state index in [-0.39, 0.29) is 5.41 Å². The number of nitrogens with two attached hydrogens (primary N) is 1. The third-order valence-corrected chi connectivity index (χ3v) is 4.54. The smallest absolute Gasteiger partial charge is 0.140 e. The van der Waals surface area contributed by atoms with Gasteiger partial charge in [-0.2, -0.15) is 0 Å². The predicted molar refractivity (Wildman–Crippen MR) is 66.8 cm³/mol. The van der Waals surface area contributed by atoms with E-state index >= 15 is 0 Å². The van der Waals surface area contributed by atoms with Crippen LogP contribution in [0.15, 0.2) is 0 Å². The minimum Gasteiger partial charge on any atom is -0.329 e. The molecule has 0 atom stereocenters. The number of hydrogen-bond acceptors (Lipinski definition) is 3. The van der Waals surface area contributed by atoms with Crippen molar-refractivity contribution in [3.05, 3.63) is 11.6 Å². The van der Waals surface area contributed by atoms with Gasteiger partial charge in [0, 0.05) is 24.9 Å². The van der Waals surface area contributed by atoms with Crippen LogP contribution >= 0.6 is 0 Å². The van der Waals surface area contributed by atoms with E-state index in [2.05, 4.69) is 14.8 Å². The van der Waals surface area contributed by atoms with Crippen molar-refractivity contribution >= 4 is 0 Å². The molecule has 2 N–H and O–H groups in total. The molecule has 1 aromatic heterocycles. The van der Waals surface area contributed by atoms with E-state index in [9.17, 15) is 0 Å². The van der Waals surface area contributed by atoms with Crippen LogP contribution in [0.5, 0.6) is 0 Å². The highest BCUT2D eigenvalue weighted by molar-refractivity contribution is 5.14. The molecule has 1 saturated carbocycles. The minimum absolute atomic E-state index is 0.117. The van der Waals surface area contributed by atoms with E-state index < -0.39 is 0 Å². The summed E-state index contributed by atoms with van der Waals surface area (Å²) >= 11 is 0. The molecule has 2 heterocycles. The largest absolute Gasteiger partial charge is 0.329 e. The van der Waals surface area contributed by atoms with Crippen molar-refractivity contribution < 1.29 is 0 Å². The van der Waals surface area contributed by atoms with E-state index in [1.807, 2.05) is 0 Å². The van der Waals surface area contributed by atoms with Gasteiger partial charge in [-0.05, 0) is 19.3 Å². The zero-order valence-corrected chi connectivity index (χ0v) is 10.5. The molecular formula is C13H22N4. The quantitative estimate of drug-likeness (QED) is 0.793. The van der Waals surface area contributed by atoms with Gasteiger partial charge in [-0.3, -0.25) is 0 Å². The third kappa shape index (κ3) is 1.79. The molecular weight excluding hydrogens is 212 g/mol.